The van der Waals surface area contributed by atoms with Crippen LogP contribution in [0.3, 0.4) is 0 Å². The number of nitrogens with one attached hydrogen (secondary N) is 3. The van der Waals surface area contributed by atoms with Crippen molar-refractivity contribution < 1.29 is 27.9 Å². The summed E-state index contributed by atoms with van der Waals surface area (Å²) in [5, 5.41) is 18.4. The summed E-state index contributed by atoms with van der Waals surface area (Å²) >= 11 is 0. The van der Waals surface area contributed by atoms with Gasteiger partial charge in [-0.15, -0.1) is 0 Å². The van der Waals surface area contributed by atoms with E-state index in [4.69, 9.17) is 0 Å². The number of aliphatic carboxylic acids is 1. The molecule has 1 fully saturated rings. The van der Waals surface area contributed by atoms with Crippen LogP contribution in [0.15, 0.2) is 83.9 Å². The molecule has 228 valence electrons. The van der Waals surface area contributed by atoms with Crippen LogP contribution in [0, 0.1) is 0 Å². The van der Waals surface area contributed by atoms with Gasteiger partial charge in [-0.25, -0.2) is 18.2 Å². The summed E-state index contributed by atoms with van der Waals surface area (Å²) in [6.07, 6.45) is 5.48. The van der Waals surface area contributed by atoms with Crippen molar-refractivity contribution in [3.8, 4) is 0 Å². The van der Waals surface area contributed by atoms with Gasteiger partial charge in [-0.2, -0.15) is 4.31 Å². The molecule has 43 heavy (non-hydrogen) atoms. The molecule has 1 aromatic heterocycles. The molecule has 2 heterocycles. The minimum atomic E-state index is -3.90. The maximum absolute atomic E-state index is 13.1. The molecule has 1 aliphatic rings. The van der Waals surface area contributed by atoms with Crippen LogP contribution in [0.2, 0.25) is 0 Å². The summed E-state index contributed by atoms with van der Waals surface area (Å²) in [4.78, 5) is 41.7. The fourth-order valence-electron chi connectivity index (χ4n) is 4.94. The van der Waals surface area contributed by atoms with Gasteiger partial charge in [0.25, 0.3) is 0 Å². The third kappa shape index (κ3) is 9.10. The Kier molecular flexibility index (Phi) is 11.2. The number of carbonyl (C=O) groups excluding carboxylic acids is 2. The third-order valence-corrected chi connectivity index (χ3v) is 9.12. The van der Waals surface area contributed by atoms with Crippen molar-refractivity contribution in [3.63, 3.8) is 0 Å². The molecular weight excluding hydrogens is 570 g/mol. The molecule has 0 radical (unpaired) electrons. The second-order valence-electron chi connectivity index (χ2n) is 10.4. The molecule has 2 aromatic carbocycles. The molecule has 4 rings (SSSR count). The number of carbonyl (C=O) groups is 3. The van der Waals surface area contributed by atoms with Gasteiger partial charge in [0.2, 0.25) is 21.8 Å². The van der Waals surface area contributed by atoms with Crippen molar-refractivity contribution in [2.75, 3.05) is 23.7 Å². The quantitative estimate of drug-likeness (QED) is 0.191. The number of aromatic nitrogens is 1. The zero-order chi connectivity index (χ0) is 30.7. The summed E-state index contributed by atoms with van der Waals surface area (Å²) in [6.45, 7) is 0.965. The van der Waals surface area contributed by atoms with Gasteiger partial charge in [-0.3, -0.25) is 9.59 Å². The van der Waals surface area contributed by atoms with Gasteiger partial charge < -0.3 is 21.1 Å². The van der Waals surface area contributed by atoms with E-state index in [9.17, 15) is 27.9 Å². The lowest BCUT2D eigenvalue weighted by Gasteiger charge is -2.25. The zero-order valence-electron chi connectivity index (χ0n) is 23.8. The van der Waals surface area contributed by atoms with E-state index in [0.29, 0.717) is 30.5 Å². The normalized spacial score (nSPS) is 15.9. The van der Waals surface area contributed by atoms with Crippen molar-refractivity contribution in [2.24, 2.45) is 0 Å². The maximum Gasteiger partial charge on any atom is 0.326 e. The number of pyridine rings is 1. The van der Waals surface area contributed by atoms with Gasteiger partial charge in [0.05, 0.1) is 4.90 Å². The molecule has 0 spiro atoms. The second kappa shape index (κ2) is 15.3. The van der Waals surface area contributed by atoms with Crippen molar-refractivity contribution in [1.29, 1.82) is 0 Å². The van der Waals surface area contributed by atoms with Crippen LogP contribution in [0.1, 0.15) is 44.1 Å². The van der Waals surface area contributed by atoms with Gasteiger partial charge in [0.1, 0.15) is 17.9 Å². The van der Waals surface area contributed by atoms with Crippen molar-refractivity contribution in [2.45, 2.75) is 61.9 Å². The van der Waals surface area contributed by atoms with Gasteiger partial charge >= 0.3 is 5.97 Å². The Morgan fingerprint density at radius 2 is 1.70 bits per heavy atom. The number of benzene rings is 2. The molecule has 3 aromatic rings. The van der Waals surface area contributed by atoms with Crippen LogP contribution in [-0.4, -0.2) is 65.8 Å². The highest BCUT2D eigenvalue weighted by molar-refractivity contribution is 7.89. The van der Waals surface area contributed by atoms with Crippen LogP contribution in [-0.2, 0) is 30.8 Å². The van der Waals surface area contributed by atoms with E-state index in [-0.39, 0.29) is 23.8 Å². The molecule has 2 amide bonds. The number of anilines is 2. The number of sulfonamides is 1. The monoisotopic (exact) mass is 607 g/mol. The van der Waals surface area contributed by atoms with Crippen LogP contribution >= 0.6 is 0 Å². The first-order chi connectivity index (χ1) is 20.7. The smallest absolute Gasteiger partial charge is 0.326 e. The minimum absolute atomic E-state index is 0.00000799. The van der Waals surface area contributed by atoms with E-state index in [1.54, 1.807) is 48.7 Å². The lowest BCUT2D eigenvalue weighted by atomic mass is 10.0. The zero-order valence-corrected chi connectivity index (χ0v) is 24.6. The van der Waals surface area contributed by atoms with Crippen LogP contribution in [0.4, 0.5) is 11.5 Å². The molecule has 12 heteroatoms. The Morgan fingerprint density at radius 3 is 2.40 bits per heavy atom. The molecular formula is C31H37N5O6S. The topological polar surface area (TPSA) is 158 Å². The molecule has 2 atom stereocenters. The molecule has 1 saturated heterocycles. The predicted octanol–water partition coefficient (Wildman–Crippen LogP) is 3.66. The summed E-state index contributed by atoms with van der Waals surface area (Å²) in [6, 6.07) is 18.1. The number of carboxylic acids is 1. The lowest BCUT2D eigenvalue weighted by molar-refractivity contribution is -0.142. The number of hydrogen-bond acceptors (Lipinski definition) is 7. The average Bonchev–Trinajstić information content (AvgIpc) is 3.52. The summed E-state index contributed by atoms with van der Waals surface area (Å²) in [5.41, 5.74) is 1.24. The molecule has 4 N–H and O–H groups in total. The summed E-state index contributed by atoms with van der Waals surface area (Å²) in [7, 11) is -3.90. The van der Waals surface area contributed by atoms with Gasteiger partial charge in [0.15, 0.2) is 0 Å². The summed E-state index contributed by atoms with van der Waals surface area (Å²) < 4.78 is 27.4. The Balaban J connectivity index is 1.23. The highest BCUT2D eigenvalue weighted by Gasteiger charge is 2.40. The highest BCUT2D eigenvalue weighted by atomic mass is 32.2. The largest absolute Gasteiger partial charge is 0.480 e. The Labute approximate surface area is 251 Å². The molecule has 0 saturated carbocycles. The highest BCUT2D eigenvalue weighted by Crippen LogP contribution is 2.26. The fraction of sp³-hybridized carbons (Fsp3) is 0.355. The number of rotatable bonds is 15. The number of carboxylic acid groups (broad SMARTS) is 1. The summed E-state index contributed by atoms with van der Waals surface area (Å²) in [5.74, 6) is -1.14. The maximum atomic E-state index is 13.1. The number of hydrogen-bond donors (Lipinski definition) is 4. The number of unbranched alkanes of at least 4 members (excludes halogenated alkanes) is 2. The van der Waals surface area contributed by atoms with Gasteiger partial charge in [-0.05, 0) is 67.6 Å². The van der Waals surface area contributed by atoms with Crippen LogP contribution < -0.4 is 16.0 Å². The number of amides is 2. The van der Waals surface area contributed by atoms with E-state index < -0.39 is 34.0 Å². The van der Waals surface area contributed by atoms with E-state index >= 15 is 0 Å². The van der Waals surface area contributed by atoms with Crippen molar-refractivity contribution in [1.82, 2.24) is 14.6 Å². The van der Waals surface area contributed by atoms with Gasteiger partial charge in [0, 0.05) is 37.8 Å². The first kappa shape index (κ1) is 31.6. The average molecular weight is 608 g/mol. The van der Waals surface area contributed by atoms with Crippen LogP contribution in [0.25, 0.3) is 0 Å². The molecule has 1 aliphatic heterocycles. The fourth-order valence-corrected chi connectivity index (χ4v) is 6.62. The van der Waals surface area contributed by atoms with Gasteiger partial charge in [-0.1, -0.05) is 42.8 Å². The van der Waals surface area contributed by atoms with E-state index in [1.807, 2.05) is 18.2 Å². The minimum Gasteiger partial charge on any atom is -0.480 e. The Morgan fingerprint density at radius 1 is 0.953 bits per heavy atom. The van der Waals surface area contributed by atoms with E-state index in [0.717, 1.165) is 35.9 Å². The molecule has 0 bridgehead atoms. The number of nitrogens with zero attached hydrogens (tertiary/aromatic N) is 2. The van der Waals surface area contributed by atoms with Crippen molar-refractivity contribution >= 4 is 39.3 Å². The SMILES string of the molecule is O=C(CCCCCNc1ccccn1)Nc1ccc(C[C@H](NC(=O)[C@@H]2CCCN2S(=O)(=O)c2ccccc2)C(=O)O)cc1. The Bertz CT molecular complexity index is 1470. The molecule has 11 nitrogen and oxygen atoms in total. The van der Waals surface area contributed by atoms with Crippen molar-refractivity contribution in [3.05, 3.63) is 84.6 Å². The first-order valence-corrected chi connectivity index (χ1v) is 15.8. The van der Waals surface area contributed by atoms with Crippen LogP contribution in [0.5, 0.6) is 0 Å². The predicted molar refractivity (Wildman–Crippen MR) is 163 cm³/mol. The molecule has 0 aliphatic carbocycles. The Hall–Kier alpha value is -4.29. The molecule has 0 unspecified atom stereocenters. The standard InChI is InChI=1S/C31H37N5O6S/c37-29(14-5-2-7-19-32-28-13-6-8-20-33-28)34-24-17-15-23(16-18-24)22-26(31(39)40)35-30(38)27-12-9-21-36(27)43(41,42)25-10-3-1-4-11-25/h1,3-4,6,8,10-11,13,15-18,20,26-27H,2,5,7,9,12,14,19,21-22H2,(H,32,33)(H,34,37)(H,35,38)(H,39,40)/t26-,27-/m0/s1. The first-order valence-electron chi connectivity index (χ1n) is 14.4. The third-order valence-electron chi connectivity index (χ3n) is 7.20. The van der Waals surface area contributed by atoms with E-state index in [2.05, 4.69) is 20.9 Å². The van der Waals surface area contributed by atoms with E-state index in [1.165, 1.54) is 12.1 Å². The lowest BCUT2D eigenvalue weighted by Crippen LogP contribution is -2.51. The second-order valence-corrected chi connectivity index (χ2v) is 12.3.